The third kappa shape index (κ3) is 13.9. The van der Waals surface area contributed by atoms with Crippen LogP contribution >= 0.6 is 35.2 Å². The van der Waals surface area contributed by atoms with Gasteiger partial charge in [-0.05, 0) is 6.92 Å². The van der Waals surface area contributed by atoms with Crippen LogP contribution in [0.15, 0.2) is 12.7 Å². The highest BCUT2D eigenvalue weighted by atomic mass is 32.2. The van der Waals surface area contributed by atoms with Crippen LogP contribution in [0.1, 0.15) is 39.8 Å². The van der Waals surface area contributed by atoms with Gasteiger partial charge in [-0.25, -0.2) is 19.3 Å². The molecule has 1 fully saturated rings. The van der Waals surface area contributed by atoms with Crippen LogP contribution in [0.4, 0.5) is 5.82 Å². The molecule has 2 aromatic rings. The summed E-state index contributed by atoms with van der Waals surface area (Å²) in [6.45, 7) is 1.43. The van der Waals surface area contributed by atoms with Gasteiger partial charge in [0.1, 0.15) is 36.3 Å². The number of aliphatic hydroxyl groups excluding tert-OH is 3. The summed E-state index contributed by atoms with van der Waals surface area (Å²) < 4.78 is 60.3. The number of nitrogen functional groups attached to an aromatic ring is 1. The number of rotatable bonds is 21. The molecule has 8 atom stereocenters. The molecule has 2 amide bonds. The van der Waals surface area contributed by atoms with E-state index in [2.05, 4.69) is 43.5 Å². The summed E-state index contributed by atoms with van der Waals surface area (Å²) in [5.41, 5.74) is 4.04. The van der Waals surface area contributed by atoms with E-state index in [1.54, 1.807) is 0 Å². The SMILES string of the molecule is CC(O)CC(=O)SCCNC(=O)CCNC(=O)[C@H](O)C(C)(C)COP(=O)([O-])OP(=O)([O-])OC[C@H]1O[C@@H](n2cnc3c(N)ncnc32)[C@H](O)[C@@H]1OP(=O)([O-])[O-]. The van der Waals surface area contributed by atoms with Crippen molar-refractivity contribution in [2.24, 2.45) is 5.41 Å². The van der Waals surface area contributed by atoms with Crippen LogP contribution in [-0.4, -0.2) is 114 Å². The van der Waals surface area contributed by atoms with E-state index in [1.165, 1.54) is 20.8 Å². The number of imidazole rings is 1. The van der Waals surface area contributed by atoms with Gasteiger partial charge in [0, 0.05) is 37.1 Å². The van der Waals surface area contributed by atoms with E-state index in [1.807, 2.05) is 0 Å². The third-order valence-corrected chi connectivity index (χ3v) is 11.1. The first-order chi connectivity index (χ1) is 24.9. The number of aliphatic hydroxyl groups is 3. The molecule has 0 saturated carbocycles. The molecule has 25 nitrogen and oxygen atoms in total. The monoisotopic (exact) mass is 849 g/mol. The minimum atomic E-state index is -5.92. The first-order valence-corrected chi connectivity index (χ1v) is 20.9. The van der Waals surface area contributed by atoms with Crippen LogP contribution in [0.25, 0.3) is 11.2 Å². The number of hydrogen-bond donors (Lipinski definition) is 6. The molecule has 2 aromatic heterocycles. The van der Waals surface area contributed by atoms with Gasteiger partial charge in [-0.1, -0.05) is 25.6 Å². The van der Waals surface area contributed by atoms with E-state index in [4.69, 9.17) is 10.5 Å². The zero-order valence-electron chi connectivity index (χ0n) is 28.7. The Bertz CT molecular complexity index is 1780. The summed E-state index contributed by atoms with van der Waals surface area (Å²) in [5, 5.41) is 35.0. The van der Waals surface area contributed by atoms with Crippen molar-refractivity contribution in [3.63, 3.8) is 0 Å². The Hall–Kier alpha value is -2.48. The average Bonchev–Trinajstić information content (AvgIpc) is 3.60. The molecule has 0 aliphatic carbocycles. The summed E-state index contributed by atoms with van der Waals surface area (Å²) in [5.74, 6) is -1.36. The van der Waals surface area contributed by atoms with Gasteiger partial charge in [0.05, 0.1) is 33.5 Å². The smallest absolute Gasteiger partial charge is 0.274 e. The number of aromatic nitrogens is 4. The Morgan fingerprint density at radius 2 is 1.74 bits per heavy atom. The highest BCUT2D eigenvalue weighted by Crippen LogP contribution is 2.56. The summed E-state index contributed by atoms with van der Waals surface area (Å²) in [4.78, 5) is 95.3. The number of anilines is 1. The average molecular weight is 850 g/mol. The Balaban J connectivity index is 1.51. The van der Waals surface area contributed by atoms with Crippen molar-refractivity contribution in [1.82, 2.24) is 30.2 Å². The number of ether oxygens (including phenoxy) is 1. The number of nitrogens with one attached hydrogen (secondary N) is 2. The van der Waals surface area contributed by atoms with Gasteiger partial charge < -0.3 is 74.1 Å². The zero-order chi connectivity index (χ0) is 40.6. The molecule has 1 aliphatic rings. The second-order valence-electron chi connectivity index (χ2n) is 12.3. The fourth-order valence-electron chi connectivity index (χ4n) is 4.57. The molecule has 7 N–H and O–H groups in total. The number of phosphoric ester groups is 3. The first-order valence-electron chi connectivity index (χ1n) is 15.6. The molecular weight excluding hydrogens is 811 g/mol. The number of carbonyl (C=O) groups is 3. The summed E-state index contributed by atoms with van der Waals surface area (Å²) in [6, 6.07) is 0. The number of phosphoric acid groups is 3. The van der Waals surface area contributed by atoms with Gasteiger partial charge in [-0.15, -0.1) is 0 Å². The maximum atomic E-state index is 12.5. The maximum absolute atomic E-state index is 12.5. The van der Waals surface area contributed by atoms with Crippen molar-refractivity contribution in [3.8, 4) is 0 Å². The second kappa shape index (κ2) is 19.1. The van der Waals surface area contributed by atoms with Gasteiger partial charge in [-0.2, -0.15) is 0 Å². The molecule has 3 rings (SSSR count). The molecule has 0 spiro atoms. The largest absolute Gasteiger partial charge is 0.790 e. The van der Waals surface area contributed by atoms with Crippen LogP contribution in [0, 0.1) is 5.41 Å². The second-order valence-corrected chi connectivity index (χ2v) is 17.5. The topological polar surface area (TPSA) is 395 Å². The Kier molecular flexibility index (Phi) is 16.2. The number of carbonyl (C=O) groups excluding carboxylic acids is 3. The van der Waals surface area contributed by atoms with Crippen molar-refractivity contribution in [2.75, 3.05) is 37.8 Å². The minimum Gasteiger partial charge on any atom is -0.790 e. The number of hydrogen-bond acceptors (Lipinski definition) is 23. The minimum absolute atomic E-state index is 0.0260. The lowest BCUT2D eigenvalue weighted by Gasteiger charge is -2.36. The van der Waals surface area contributed by atoms with Crippen molar-refractivity contribution in [1.29, 1.82) is 0 Å². The van der Waals surface area contributed by atoms with E-state index < -0.39 is 90.7 Å². The Morgan fingerprint density at radius 3 is 2.39 bits per heavy atom. The highest BCUT2D eigenvalue weighted by molar-refractivity contribution is 8.13. The van der Waals surface area contributed by atoms with E-state index >= 15 is 0 Å². The normalized spacial score (nSPS) is 22.6. The van der Waals surface area contributed by atoms with E-state index in [0.717, 1.165) is 29.0 Å². The van der Waals surface area contributed by atoms with Crippen LogP contribution in [0.3, 0.4) is 0 Å². The molecule has 3 unspecified atom stereocenters. The lowest BCUT2D eigenvalue weighted by atomic mass is 9.87. The predicted molar refractivity (Wildman–Crippen MR) is 175 cm³/mol. The first kappa shape index (κ1) is 45.9. The van der Waals surface area contributed by atoms with Gasteiger partial charge in [-0.3, -0.25) is 28.1 Å². The third-order valence-electron chi connectivity index (χ3n) is 7.20. The zero-order valence-corrected chi connectivity index (χ0v) is 32.1. The number of nitrogens with two attached hydrogens (primary N) is 1. The Morgan fingerprint density at radius 1 is 1.07 bits per heavy atom. The molecule has 306 valence electrons. The molecular formula is C25H38N7O18P3S-4. The van der Waals surface area contributed by atoms with E-state index in [0.29, 0.717) is 0 Å². The molecule has 1 aliphatic heterocycles. The number of nitrogens with zero attached hydrogens (tertiary/aromatic N) is 4. The van der Waals surface area contributed by atoms with E-state index in [-0.39, 0.29) is 53.8 Å². The summed E-state index contributed by atoms with van der Waals surface area (Å²) >= 11 is 0.927. The maximum Gasteiger partial charge on any atom is 0.274 e. The standard InChI is InChI=1S/C25H42N7O18P3S/c1-13(33)8-16(35)54-7-6-27-15(34)4-5-28-23(38)20(37)25(2,3)10-47-53(44,45)50-52(42,43)46-9-14-19(49-51(39,40)41)18(36)24(48-14)32-12-31-17-21(26)29-11-30-22(17)32/h11-14,18-20,24,33,36-37H,4-10H2,1-3H3,(H,27,34)(H,28,38)(H,42,43)(H,44,45)(H2,26,29,30)(H2,39,40,41)/p-4/t13?,14-,18-,19-,20+,24-/m1/s1. The number of thioether (sulfide) groups is 1. The molecule has 3 heterocycles. The predicted octanol–water partition coefficient (Wildman–Crippen LogP) is -4.09. The molecule has 29 heteroatoms. The van der Waals surface area contributed by atoms with E-state index in [9.17, 15) is 63.0 Å². The van der Waals surface area contributed by atoms with Crippen LogP contribution in [-0.2, 0) is 50.7 Å². The molecule has 0 bridgehead atoms. The van der Waals surface area contributed by atoms with Gasteiger partial charge in [0.2, 0.25) is 11.8 Å². The molecule has 0 aromatic carbocycles. The molecule has 54 heavy (non-hydrogen) atoms. The van der Waals surface area contributed by atoms with Gasteiger partial charge in [0.15, 0.2) is 22.8 Å². The lowest BCUT2D eigenvalue weighted by molar-refractivity contribution is -0.347. The van der Waals surface area contributed by atoms with Crippen LogP contribution < -0.4 is 35.9 Å². The van der Waals surface area contributed by atoms with Crippen molar-refractivity contribution in [3.05, 3.63) is 12.7 Å². The van der Waals surface area contributed by atoms with Gasteiger partial charge >= 0.3 is 0 Å². The summed E-state index contributed by atoms with van der Waals surface area (Å²) in [7, 11) is -17.6. The van der Waals surface area contributed by atoms with Crippen LogP contribution in [0.2, 0.25) is 0 Å². The molecule has 0 radical (unpaired) electrons. The fourth-order valence-corrected chi connectivity index (χ4v) is 8.10. The quantitative estimate of drug-likeness (QED) is 0.0513. The van der Waals surface area contributed by atoms with Gasteiger partial charge in [0.25, 0.3) is 15.6 Å². The highest BCUT2D eigenvalue weighted by Gasteiger charge is 2.47. The van der Waals surface area contributed by atoms with Crippen molar-refractivity contribution >= 4 is 69.1 Å². The molecule has 1 saturated heterocycles. The summed E-state index contributed by atoms with van der Waals surface area (Å²) in [6.07, 6.45) is -8.48. The van der Waals surface area contributed by atoms with Crippen molar-refractivity contribution < 1.29 is 85.6 Å². The van der Waals surface area contributed by atoms with Crippen LogP contribution in [0.5, 0.6) is 0 Å². The number of fused-ring (bicyclic) bond motifs is 1. The number of amides is 2. The van der Waals surface area contributed by atoms with Crippen molar-refractivity contribution in [2.45, 2.75) is 70.4 Å². The lowest BCUT2D eigenvalue weighted by Crippen LogP contribution is -2.46. The fraction of sp³-hybridized carbons (Fsp3) is 0.680. The Labute approximate surface area is 310 Å².